The van der Waals surface area contributed by atoms with Gasteiger partial charge in [-0.3, -0.25) is 9.59 Å². The number of para-hydroxylation sites is 1. The molecule has 0 bridgehead atoms. The van der Waals surface area contributed by atoms with E-state index in [1.54, 1.807) is 6.20 Å². The molecule has 0 spiro atoms. The number of carbonyl (C=O) groups excluding carboxylic acids is 2. The lowest BCUT2D eigenvalue weighted by molar-refractivity contribution is -0.124. The predicted octanol–water partition coefficient (Wildman–Crippen LogP) is 2.56. The Morgan fingerprint density at radius 3 is 2.68 bits per heavy atom. The van der Waals surface area contributed by atoms with Crippen LogP contribution in [0.3, 0.4) is 0 Å². The fourth-order valence-electron chi connectivity index (χ4n) is 2.25. The van der Waals surface area contributed by atoms with E-state index < -0.39 is 0 Å². The molecule has 0 saturated heterocycles. The van der Waals surface area contributed by atoms with Gasteiger partial charge in [0.05, 0.1) is 6.20 Å². The number of nitrogens with zero attached hydrogens (tertiary/aromatic N) is 2. The Kier molecular flexibility index (Phi) is 7.46. The standard InChI is InChI=1S/C17H23N5O2S/c1-12(2)13-5-3-4-6-14(13)20-16(24)8-7-15(23)18-9-10-25-17-11-19-22-21-17/h3-6,11-12H,7-10H2,1-2H3,(H,18,23)(H,20,24)(H,19,21,22). The number of aromatic amines is 1. The lowest BCUT2D eigenvalue weighted by atomic mass is 10.0. The molecule has 8 heteroatoms. The second-order valence-electron chi connectivity index (χ2n) is 5.80. The smallest absolute Gasteiger partial charge is 0.224 e. The molecular weight excluding hydrogens is 338 g/mol. The van der Waals surface area contributed by atoms with Crippen LogP contribution < -0.4 is 10.6 Å². The highest BCUT2D eigenvalue weighted by Gasteiger charge is 2.11. The summed E-state index contributed by atoms with van der Waals surface area (Å²) in [6, 6.07) is 7.73. The fraction of sp³-hybridized carbons (Fsp3) is 0.412. The Hall–Kier alpha value is -2.35. The number of thioether (sulfide) groups is 1. The van der Waals surface area contributed by atoms with Gasteiger partial charge < -0.3 is 10.6 Å². The summed E-state index contributed by atoms with van der Waals surface area (Å²) in [4.78, 5) is 23.9. The molecule has 2 amide bonds. The normalized spacial score (nSPS) is 10.7. The van der Waals surface area contributed by atoms with Crippen molar-refractivity contribution in [3.8, 4) is 0 Å². The lowest BCUT2D eigenvalue weighted by Crippen LogP contribution is -2.27. The molecular formula is C17H23N5O2S. The summed E-state index contributed by atoms with van der Waals surface area (Å²) in [5.74, 6) is 0.738. The molecule has 7 nitrogen and oxygen atoms in total. The van der Waals surface area contributed by atoms with Gasteiger partial charge in [-0.2, -0.15) is 10.3 Å². The fourth-order valence-corrected chi connectivity index (χ4v) is 2.90. The average Bonchev–Trinajstić information content (AvgIpc) is 3.10. The quantitative estimate of drug-likeness (QED) is 0.471. The minimum absolute atomic E-state index is 0.131. The molecule has 0 radical (unpaired) electrons. The van der Waals surface area contributed by atoms with Crippen LogP contribution in [0.1, 0.15) is 38.2 Å². The molecule has 1 heterocycles. The van der Waals surface area contributed by atoms with E-state index in [-0.39, 0.29) is 24.7 Å². The van der Waals surface area contributed by atoms with Gasteiger partial charge in [0.2, 0.25) is 11.8 Å². The molecule has 1 aromatic heterocycles. The molecule has 0 atom stereocenters. The lowest BCUT2D eigenvalue weighted by Gasteiger charge is -2.13. The molecule has 3 N–H and O–H groups in total. The number of hydrogen-bond donors (Lipinski definition) is 3. The SMILES string of the molecule is CC(C)c1ccccc1NC(=O)CCC(=O)NCCSc1cn[nH]n1. The van der Waals surface area contributed by atoms with E-state index in [1.165, 1.54) is 11.8 Å². The average molecular weight is 361 g/mol. The predicted molar refractivity (Wildman–Crippen MR) is 98.5 cm³/mol. The summed E-state index contributed by atoms with van der Waals surface area (Å²) in [5.41, 5.74) is 1.90. The first-order valence-electron chi connectivity index (χ1n) is 8.20. The summed E-state index contributed by atoms with van der Waals surface area (Å²) >= 11 is 1.50. The third kappa shape index (κ3) is 6.58. The summed E-state index contributed by atoms with van der Waals surface area (Å²) in [7, 11) is 0. The van der Waals surface area contributed by atoms with E-state index in [1.807, 2.05) is 24.3 Å². The van der Waals surface area contributed by atoms with Crippen molar-refractivity contribution in [2.75, 3.05) is 17.6 Å². The van der Waals surface area contributed by atoms with E-state index in [4.69, 9.17) is 0 Å². The summed E-state index contributed by atoms with van der Waals surface area (Å²) in [6.45, 7) is 4.68. The van der Waals surface area contributed by atoms with Crippen molar-refractivity contribution < 1.29 is 9.59 Å². The van der Waals surface area contributed by atoms with Crippen molar-refractivity contribution in [2.45, 2.75) is 37.6 Å². The third-order valence-corrected chi connectivity index (χ3v) is 4.40. The molecule has 0 fully saturated rings. The highest BCUT2D eigenvalue weighted by atomic mass is 32.2. The van der Waals surface area contributed by atoms with Crippen molar-refractivity contribution in [2.24, 2.45) is 0 Å². The van der Waals surface area contributed by atoms with Crippen LogP contribution >= 0.6 is 11.8 Å². The molecule has 2 aromatic rings. The van der Waals surface area contributed by atoms with Crippen LogP contribution in [0.25, 0.3) is 0 Å². The van der Waals surface area contributed by atoms with Crippen LogP contribution in [-0.2, 0) is 9.59 Å². The van der Waals surface area contributed by atoms with E-state index in [2.05, 4.69) is 39.9 Å². The van der Waals surface area contributed by atoms with E-state index >= 15 is 0 Å². The Morgan fingerprint density at radius 2 is 1.96 bits per heavy atom. The van der Waals surface area contributed by atoms with E-state index in [0.29, 0.717) is 18.2 Å². The molecule has 0 aliphatic rings. The molecule has 0 saturated carbocycles. The van der Waals surface area contributed by atoms with Gasteiger partial charge in [0, 0.05) is 30.8 Å². The zero-order valence-corrected chi connectivity index (χ0v) is 15.2. The Balaban J connectivity index is 1.66. The van der Waals surface area contributed by atoms with Crippen LogP contribution in [0, 0.1) is 0 Å². The first-order chi connectivity index (χ1) is 12.1. The van der Waals surface area contributed by atoms with Crippen molar-refractivity contribution in [1.82, 2.24) is 20.7 Å². The van der Waals surface area contributed by atoms with Gasteiger partial charge in [-0.15, -0.1) is 16.9 Å². The number of amides is 2. The maximum atomic E-state index is 12.1. The van der Waals surface area contributed by atoms with Gasteiger partial charge in [-0.1, -0.05) is 32.0 Å². The molecule has 2 rings (SSSR count). The highest BCUT2D eigenvalue weighted by molar-refractivity contribution is 7.99. The van der Waals surface area contributed by atoms with Crippen LogP contribution in [0.2, 0.25) is 0 Å². The highest BCUT2D eigenvalue weighted by Crippen LogP contribution is 2.23. The van der Waals surface area contributed by atoms with Crippen molar-refractivity contribution in [3.63, 3.8) is 0 Å². The summed E-state index contributed by atoms with van der Waals surface area (Å²) in [5, 5.41) is 16.6. The molecule has 0 aliphatic carbocycles. The monoisotopic (exact) mass is 361 g/mol. The van der Waals surface area contributed by atoms with Gasteiger partial charge in [-0.05, 0) is 17.5 Å². The Morgan fingerprint density at radius 1 is 1.20 bits per heavy atom. The minimum Gasteiger partial charge on any atom is -0.355 e. The summed E-state index contributed by atoms with van der Waals surface area (Å²) in [6.07, 6.45) is 1.96. The number of H-pyrrole nitrogens is 1. The largest absolute Gasteiger partial charge is 0.355 e. The van der Waals surface area contributed by atoms with Crippen LogP contribution in [0.5, 0.6) is 0 Å². The van der Waals surface area contributed by atoms with Gasteiger partial charge in [0.15, 0.2) is 0 Å². The zero-order chi connectivity index (χ0) is 18.1. The molecule has 1 aromatic carbocycles. The Bertz CT molecular complexity index is 688. The topological polar surface area (TPSA) is 99.8 Å². The zero-order valence-electron chi connectivity index (χ0n) is 14.4. The van der Waals surface area contributed by atoms with Crippen molar-refractivity contribution in [3.05, 3.63) is 36.0 Å². The van der Waals surface area contributed by atoms with Crippen molar-refractivity contribution in [1.29, 1.82) is 0 Å². The number of aromatic nitrogens is 3. The maximum Gasteiger partial charge on any atom is 0.224 e. The molecule has 134 valence electrons. The van der Waals surface area contributed by atoms with Crippen LogP contribution in [0.4, 0.5) is 5.69 Å². The third-order valence-electron chi connectivity index (χ3n) is 3.50. The number of benzene rings is 1. The maximum absolute atomic E-state index is 12.1. The van der Waals surface area contributed by atoms with Gasteiger partial charge in [-0.25, -0.2) is 0 Å². The van der Waals surface area contributed by atoms with E-state index in [9.17, 15) is 9.59 Å². The van der Waals surface area contributed by atoms with Crippen LogP contribution in [-0.4, -0.2) is 39.5 Å². The molecule has 25 heavy (non-hydrogen) atoms. The number of rotatable bonds is 9. The van der Waals surface area contributed by atoms with E-state index in [0.717, 1.165) is 16.3 Å². The summed E-state index contributed by atoms with van der Waals surface area (Å²) < 4.78 is 0. The second-order valence-corrected chi connectivity index (χ2v) is 6.91. The van der Waals surface area contributed by atoms with Crippen molar-refractivity contribution >= 4 is 29.3 Å². The first-order valence-corrected chi connectivity index (χ1v) is 9.19. The first kappa shape index (κ1) is 19.0. The Labute approximate surface area is 151 Å². The van der Waals surface area contributed by atoms with Gasteiger partial charge in [0.1, 0.15) is 5.03 Å². The number of hydrogen-bond acceptors (Lipinski definition) is 5. The molecule has 0 aliphatic heterocycles. The number of carbonyl (C=O) groups is 2. The minimum atomic E-state index is -0.153. The second kappa shape index (κ2) is 9.83. The number of anilines is 1. The van der Waals surface area contributed by atoms with Gasteiger partial charge >= 0.3 is 0 Å². The van der Waals surface area contributed by atoms with Crippen LogP contribution in [0.15, 0.2) is 35.5 Å². The molecule has 0 unspecified atom stereocenters. The number of nitrogens with one attached hydrogen (secondary N) is 3. The van der Waals surface area contributed by atoms with Gasteiger partial charge in [0.25, 0.3) is 0 Å².